The Bertz CT molecular complexity index is 710. The van der Waals surface area contributed by atoms with Gasteiger partial charge in [-0.3, -0.25) is 9.78 Å². The first-order valence-electron chi connectivity index (χ1n) is 8.37. The molecule has 126 valence electrons. The Morgan fingerprint density at radius 3 is 2.67 bits per heavy atom. The molecule has 2 aromatic rings. The van der Waals surface area contributed by atoms with Gasteiger partial charge >= 0.3 is 0 Å². The van der Waals surface area contributed by atoms with Gasteiger partial charge in [-0.1, -0.05) is 11.6 Å². The monoisotopic (exact) mass is 344 g/mol. The molecule has 0 radical (unpaired) electrons. The predicted molar refractivity (Wildman–Crippen MR) is 95.6 cm³/mol. The van der Waals surface area contributed by atoms with Gasteiger partial charge in [0, 0.05) is 29.9 Å². The molecule has 1 saturated heterocycles. The van der Waals surface area contributed by atoms with Crippen molar-refractivity contribution in [1.82, 2.24) is 9.88 Å². The SMILES string of the molecule is CCOc1ccc(Cl)cc1-c1ccc(C(=O)N2CCCCC2)cn1. The Hall–Kier alpha value is -2.07. The van der Waals surface area contributed by atoms with Crippen LogP contribution in [-0.2, 0) is 0 Å². The summed E-state index contributed by atoms with van der Waals surface area (Å²) < 4.78 is 5.65. The lowest BCUT2D eigenvalue weighted by atomic mass is 10.1. The van der Waals surface area contributed by atoms with Gasteiger partial charge < -0.3 is 9.64 Å². The number of nitrogens with zero attached hydrogens (tertiary/aromatic N) is 2. The highest BCUT2D eigenvalue weighted by atomic mass is 35.5. The standard InChI is InChI=1S/C19H21ClN2O2/c1-2-24-18-9-7-15(20)12-16(18)17-8-6-14(13-21-17)19(23)22-10-4-3-5-11-22/h6-9,12-13H,2-5,10-11H2,1H3. The van der Waals surface area contributed by atoms with Crippen LogP contribution in [0.1, 0.15) is 36.5 Å². The number of likely N-dealkylation sites (tertiary alicyclic amines) is 1. The van der Waals surface area contributed by atoms with E-state index in [1.807, 2.05) is 36.1 Å². The molecule has 0 N–H and O–H groups in total. The van der Waals surface area contributed by atoms with Gasteiger partial charge in [-0.2, -0.15) is 0 Å². The molecule has 2 heterocycles. The number of halogens is 1. The summed E-state index contributed by atoms with van der Waals surface area (Å²) in [6.45, 7) is 4.18. The minimum absolute atomic E-state index is 0.0601. The Balaban J connectivity index is 1.84. The highest BCUT2D eigenvalue weighted by Crippen LogP contribution is 2.31. The average Bonchev–Trinajstić information content (AvgIpc) is 2.64. The minimum Gasteiger partial charge on any atom is -0.493 e. The molecular formula is C19H21ClN2O2. The molecule has 0 spiro atoms. The third-order valence-corrected chi connectivity index (χ3v) is 4.41. The van der Waals surface area contributed by atoms with Crippen LogP contribution < -0.4 is 4.74 Å². The zero-order valence-corrected chi connectivity index (χ0v) is 14.6. The number of amides is 1. The van der Waals surface area contributed by atoms with E-state index in [1.54, 1.807) is 12.3 Å². The van der Waals surface area contributed by atoms with Crippen molar-refractivity contribution in [2.75, 3.05) is 19.7 Å². The summed E-state index contributed by atoms with van der Waals surface area (Å²) in [4.78, 5) is 18.9. The van der Waals surface area contributed by atoms with Crippen molar-refractivity contribution < 1.29 is 9.53 Å². The first kappa shape index (κ1) is 16.8. The fraction of sp³-hybridized carbons (Fsp3) is 0.368. The summed E-state index contributed by atoms with van der Waals surface area (Å²) in [7, 11) is 0. The Kier molecular flexibility index (Phi) is 5.36. The smallest absolute Gasteiger partial charge is 0.255 e. The summed E-state index contributed by atoms with van der Waals surface area (Å²) >= 11 is 6.11. The van der Waals surface area contributed by atoms with E-state index in [9.17, 15) is 4.79 Å². The van der Waals surface area contributed by atoms with Crippen LogP contribution in [0, 0.1) is 0 Å². The Labute approximate surface area is 147 Å². The minimum atomic E-state index is 0.0601. The van der Waals surface area contributed by atoms with Gasteiger partial charge in [0.1, 0.15) is 5.75 Å². The highest BCUT2D eigenvalue weighted by Gasteiger charge is 2.18. The van der Waals surface area contributed by atoms with Crippen LogP contribution in [0.25, 0.3) is 11.3 Å². The van der Waals surface area contributed by atoms with Crippen LogP contribution >= 0.6 is 11.6 Å². The molecule has 4 nitrogen and oxygen atoms in total. The molecule has 1 aliphatic rings. The van der Waals surface area contributed by atoms with E-state index in [0.29, 0.717) is 17.2 Å². The van der Waals surface area contributed by atoms with Crippen LogP contribution in [0.15, 0.2) is 36.5 Å². The summed E-state index contributed by atoms with van der Waals surface area (Å²) in [6, 6.07) is 9.15. The van der Waals surface area contributed by atoms with E-state index >= 15 is 0 Å². The lowest BCUT2D eigenvalue weighted by Gasteiger charge is -2.26. The quantitative estimate of drug-likeness (QED) is 0.824. The van der Waals surface area contributed by atoms with Crippen molar-refractivity contribution in [3.8, 4) is 17.0 Å². The summed E-state index contributed by atoms with van der Waals surface area (Å²) in [5.74, 6) is 0.800. The van der Waals surface area contributed by atoms with E-state index in [0.717, 1.165) is 42.9 Å². The van der Waals surface area contributed by atoms with Crippen LogP contribution in [0.4, 0.5) is 0 Å². The number of hydrogen-bond donors (Lipinski definition) is 0. The molecule has 1 aromatic carbocycles. The fourth-order valence-corrected chi connectivity index (χ4v) is 3.12. The highest BCUT2D eigenvalue weighted by molar-refractivity contribution is 6.30. The zero-order chi connectivity index (χ0) is 16.9. The van der Waals surface area contributed by atoms with Crippen molar-refractivity contribution >= 4 is 17.5 Å². The molecule has 1 aliphatic heterocycles. The van der Waals surface area contributed by atoms with Crippen molar-refractivity contribution in [2.45, 2.75) is 26.2 Å². The van der Waals surface area contributed by atoms with Gasteiger partial charge in [0.15, 0.2) is 0 Å². The maximum Gasteiger partial charge on any atom is 0.255 e. The molecule has 5 heteroatoms. The average molecular weight is 345 g/mol. The number of aromatic nitrogens is 1. The van der Waals surface area contributed by atoms with Crippen molar-refractivity contribution in [3.05, 3.63) is 47.1 Å². The number of hydrogen-bond acceptors (Lipinski definition) is 3. The molecule has 0 aliphatic carbocycles. The number of ether oxygens (including phenoxy) is 1. The van der Waals surface area contributed by atoms with Crippen molar-refractivity contribution in [2.24, 2.45) is 0 Å². The molecule has 1 aromatic heterocycles. The van der Waals surface area contributed by atoms with Crippen LogP contribution in [-0.4, -0.2) is 35.5 Å². The van der Waals surface area contributed by atoms with Crippen molar-refractivity contribution in [1.29, 1.82) is 0 Å². The molecule has 1 amide bonds. The van der Waals surface area contributed by atoms with E-state index in [1.165, 1.54) is 6.42 Å². The van der Waals surface area contributed by atoms with Crippen LogP contribution in [0.5, 0.6) is 5.75 Å². The second-order valence-electron chi connectivity index (χ2n) is 5.86. The van der Waals surface area contributed by atoms with E-state index in [4.69, 9.17) is 16.3 Å². The molecule has 1 fully saturated rings. The lowest BCUT2D eigenvalue weighted by molar-refractivity contribution is 0.0724. The number of carbonyl (C=O) groups excluding carboxylic acids is 1. The third-order valence-electron chi connectivity index (χ3n) is 4.17. The van der Waals surface area contributed by atoms with Crippen molar-refractivity contribution in [3.63, 3.8) is 0 Å². The van der Waals surface area contributed by atoms with Gasteiger partial charge in [0.25, 0.3) is 5.91 Å². The Morgan fingerprint density at radius 2 is 2.00 bits per heavy atom. The second-order valence-corrected chi connectivity index (χ2v) is 6.29. The first-order chi connectivity index (χ1) is 11.7. The van der Waals surface area contributed by atoms with E-state index in [-0.39, 0.29) is 5.91 Å². The third kappa shape index (κ3) is 3.70. The summed E-state index contributed by atoms with van der Waals surface area (Å²) in [5, 5.41) is 0.628. The zero-order valence-electron chi connectivity index (χ0n) is 13.8. The Morgan fingerprint density at radius 1 is 1.21 bits per heavy atom. The maximum atomic E-state index is 12.5. The molecule has 0 saturated carbocycles. The normalized spacial score (nSPS) is 14.5. The molecular weight excluding hydrogens is 324 g/mol. The molecule has 0 unspecified atom stereocenters. The molecule has 24 heavy (non-hydrogen) atoms. The number of benzene rings is 1. The van der Waals surface area contributed by atoms with Gasteiger partial charge in [-0.05, 0) is 56.5 Å². The lowest BCUT2D eigenvalue weighted by Crippen LogP contribution is -2.35. The van der Waals surface area contributed by atoms with Gasteiger partial charge in [-0.15, -0.1) is 0 Å². The van der Waals surface area contributed by atoms with Gasteiger partial charge in [0.05, 0.1) is 17.9 Å². The fourth-order valence-electron chi connectivity index (χ4n) is 2.94. The molecule has 0 bridgehead atoms. The maximum absolute atomic E-state index is 12.5. The van der Waals surface area contributed by atoms with Gasteiger partial charge in [-0.25, -0.2) is 0 Å². The number of carbonyl (C=O) groups is 1. The number of rotatable bonds is 4. The predicted octanol–water partition coefficient (Wildman–Crippen LogP) is 4.43. The molecule has 3 rings (SSSR count). The van der Waals surface area contributed by atoms with Gasteiger partial charge in [0.2, 0.25) is 0 Å². The van der Waals surface area contributed by atoms with Crippen LogP contribution in [0.2, 0.25) is 5.02 Å². The topological polar surface area (TPSA) is 42.4 Å². The summed E-state index contributed by atoms with van der Waals surface area (Å²) in [6.07, 6.45) is 5.01. The summed E-state index contributed by atoms with van der Waals surface area (Å²) in [5.41, 5.74) is 2.21. The second kappa shape index (κ2) is 7.67. The largest absolute Gasteiger partial charge is 0.493 e. The van der Waals surface area contributed by atoms with Crippen LogP contribution in [0.3, 0.4) is 0 Å². The van der Waals surface area contributed by atoms with E-state index in [2.05, 4.69) is 4.98 Å². The molecule has 0 atom stereocenters. The number of piperidine rings is 1. The first-order valence-corrected chi connectivity index (χ1v) is 8.75. The van der Waals surface area contributed by atoms with E-state index < -0.39 is 0 Å². The number of pyridine rings is 1.